The van der Waals surface area contributed by atoms with Gasteiger partial charge in [0.25, 0.3) is 0 Å². The van der Waals surface area contributed by atoms with Crippen molar-refractivity contribution in [1.82, 2.24) is 24.5 Å². The number of carbonyl (C=O) groups excluding carboxylic acids is 1. The monoisotopic (exact) mass is 488 g/mol. The van der Waals surface area contributed by atoms with Crippen LogP contribution in [0.2, 0.25) is 0 Å². The van der Waals surface area contributed by atoms with Crippen LogP contribution in [0.1, 0.15) is 11.1 Å². The van der Waals surface area contributed by atoms with Gasteiger partial charge in [-0.3, -0.25) is 4.79 Å². The summed E-state index contributed by atoms with van der Waals surface area (Å²) in [6.45, 7) is 5.07. The predicted molar refractivity (Wildman–Crippen MR) is 124 cm³/mol. The number of aromatic nitrogens is 4. The molecule has 174 valence electrons. The molecule has 2 heterocycles. The predicted octanol–water partition coefficient (Wildman–Crippen LogP) is 2.03. The number of morpholine rings is 1. The van der Waals surface area contributed by atoms with Gasteiger partial charge in [0, 0.05) is 18.8 Å². The number of anilines is 1. The van der Waals surface area contributed by atoms with Crippen LogP contribution in [-0.4, -0.2) is 70.9 Å². The molecule has 0 radical (unpaired) electrons. The van der Waals surface area contributed by atoms with Gasteiger partial charge in [0.15, 0.2) is 0 Å². The van der Waals surface area contributed by atoms with Gasteiger partial charge in [0.2, 0.25) is 21.1 Å². The summed E-state index contributed by atoms with van der Waals surface area (Å²) in [5.74, 6) is -0.233. The van der Waals surface area contributed by atoms with Crippen molar-refractivity contribution in [3.8, 4) is 5.69 Å². The molecule has 0 saturated carbocycles. The van der Waals surface area contributed by atoms with E-state index in [1.54, 1.807) is 23.7 Å². The highest BCUT2D eigenvalue weighted by Gasteiger charge is 2.28. The van der Waals surface area contributed by atoms with Gasteiger partial charge < -0.3 is 10.1 Å². The Kier molecular flexibility index (Phi) is 7.08. The number of tetrazole rings is 1. The highest BCUT2D eigenvalue weighted by molar-refractivity contribution is 7.99. The Bertz CT molecular complexity index is 1260. The Morgan fingerprint density at radius 1 is 1.15 bits per heavy atom. The SMILES string of the molecule is Cc1cccc(-n2nnnc2SCC(=O)Nc2ccc(C)c(S(=O)(=O)N3CCOCC3)c2)c1. The average molecular weight is 489 g/mol. The minimum atomic E-state index is -3.67. The molecule has 0 aliphatic carbocycles. The number of hydrogen-bond acceptors (Lipinski definition) is 8. The maximum absolute atomic E-state index is 13.1. The molecule has 1 aromatic heterocycles. The summed E-state index contributed by atoms with van der Waals surface area (Å²) in [5.41, 5.74) is 2.90. The Hall–Kier alpha value is -2.80. The first-order valence-corrected chi connectivity index (χ1v) is 12.7. The fourth-order valence-electron chi connectivity index (χ4n) is 3.40. The van der Waals surface area contributed by atoms with E-state index in [1.807, 2.05) is 31.2 Å². The second-order valence-corrected chi connectivity index (χ2v) is 10.4. The van der Waals surface area contributed by atoms with Gasteiger partial charge in [0.05, 0.1) is 29.5 Å². The summed E-state index contributed by atoms with van der Waals surface area (Å²) in [7, 11) is -3.67. The molecule has 0 atom stereocenters. The summed E-state index contributed by atoms with van der Waals surface area (Å²) in [6, 6.07) is 12.6. The number of aryl methyl sites for hydroxylation is 2. The van der Waals surface area contributed by atoms with Crippen LogP contribution in [0.25, 0.3) is 5.69 Å². The van der Waals surface area contributed by atoms with Crippen molar-refractivity contribution in [3.63, 3.8) is 0 Å². The van der Waals surface area contributed by atoms with E-state index in [9.17, 15) is 13.2 Å². The van der Waals surface area contributed by atoms with Gasteiger partial charge in [-0.15, -0.1) is 5.10 Å². The lowest BCUT2D eigenvalue weighted by molar-refractivity contribution is -0.113. The number of carbonyl (C=O) groups is 1. The fraction of sp³-hybridized carbons (Fsp3) is 0.333. The number of hydrogen-bond donors (Lipinski definition) is 1. The number of ether oxygens (including phenoxy) is 1. The zero-order valence-corrected chi connectivity index (χ0v) is 19.9. The van der Waals surface area contributed by atoms with Gasteiger partial charge in [-0.1, -0.05) is 30.0 Å². The van der Waals surface area contributed by atoms with E-state index >= 15 is 0 Å². The Balaban J connectivity index is 1.44. The number of rotatable bonds is 7. The third-order valence-electron chi connectivity index (χ3n) is 5.08. The topological polar surface area (TPSA) is 119 Å². The molecule has 33 heavy (non-hydrogen) atoms. The van der Waals surface area contributed by atoms with Crippen LogP contribution in [0.3, 0.4) is 0 Å². The highest BCUT2D eigenvalue weighted by atomic mass is 32.2. The lowest BCUT2D eigenvalue weighted by atomic mass is 10.2. The number of thioether (sulfide) groups is 1. The van der Waals surface area contributed by atoms with Gasteiger partial charge in [-0.25, -0.2) is 8.42 Å². The largest absolute Gasteiger partial charge is 0.379 e. The molecule has 12 heteroatoms. The standard InChI is InChI=1S/C21H24N6O4S2/c1-15-4-3-5-18(12-15)27-21(23-24-25-27)32-14-20(28)22-17-7-6-16(2)19(13-17)33(29,30)26-8-10-31-11-9-26/h3-7,12-13H,8-11,14H2,1-2H3,(H,22,28). The van der Waals surface area contributed by atoms with Gasteiger partial charge in [-0.05, 0) is 59.7 Å². The van der Waals surface area contributed by atoms with E-state index in [-0.39, 0.29) is 16.6 Å². The lowest BCUT2D eigenvalue weighted by Crippen LogP contribution is -2.40. The molecule has 1 amide bonds. The van der Waals surface area contributed by atoms with Crippen LogP contribution in [0, 0.1) is 13.8 Å². The number of nitrogens with zero attached hydrogens (tertiary/aromatic N) is 5. The summed E-state index contributed by atoms with van der Waals surface area (Å²) >= 11 is 1.19. The van der Waals surface area contributed by atoms with Crippen LogP contribution in [0.15, 0.2) is 52.5 Å². The minimum Gasteiger partial charge on any atom is -0.379 e. The molecule has 10 nitrogen and oxygen atoms in total. The molecule has 1 aliphatic rings. The van der Waals surface area contributed by atoms with Gasteiger partial charge in [-0.2, -0.15) is 8.99 Å². The molecule has 1 aliphatic heterocycles. The van der Waals surface area contributed by atoms with Crippen LogP contribution in [-0.2, 0) is 19.6 Å². The second kappa shape index (κ2) is 10.00. The van der Waals surface area contributed by atoms with Crippen molar-refractivity contribution >= 4 is 33.4 Å². The number of sulfonamides is 1. The molecule has 0 spiro atoms. The first-order valence-electron chi connectivity index (χ1n) is 10.3. The molecule has 0 unspecified atom stereocenters. The highest BCUT2D eigenvalue weighted by Crippen LogP contribution is 2.25. The van der Waals surface area contributed by atoms with E-state index in [0.717, 1.165) is 11.3 Å². The Morgan fingerprint density at radius 2 is 1.94 bits per heavy atom. The summed E-state index contributed by atoms with van der Waals surface area (Å²) in [6.07, 6.45) is 0. The zero-order chi connectivity index (χ0) is 23.4. The van der Waals surface area contributed by atoms with Crippen LogP contribution in [0.4, 0.5) is 5.69 Å². The minimum absolute atomic E-state index is 0.0611. The molecule has 1 fully saturated rings. The summed E-state index contributed by atoms with van der Waals surface area (Å²) in [5, 5.41) is 15.0. The van der Waals surface area contributed by atoms with Crippen molar-refractivity contribution in [2.45, 2.75) is 23.9 Å². The Labute approximate surface area is 196 Å². The first kappa shape index (κ1) is 23.4. The van der Waals surface area contributed by atoms with Crippen molar-refractivity contribution in [1.29, 1.82) is 0 Å². The van der Waals surface area contributed by atoms with E-state index < -0.39 is 10.0 Å². The second-order valence-electron chi connectivity index (χ2n) is 7.55. The van der Waals surface area contributed by atoms with Crippen molar-refractivity contribution in [2.24, 2.45) is 0 Å². The van der Waals surface area contributed by atoms with Gasteiger partial charge in [0.1, 0.15) is 0 Å². The molecule has 1 N–H and O–H groups in total. The molecular weight excluding hydrogens is 464 g/mol. The van der Waals surface area contributed by atoms with Crippen LogP contribution < -0.4 is 5.32 Å². The summed E-state index contributed by atoms with van der Waals surface area (Å²) < 4.78 is 34.3. The first-order chi connectivity index (χ1) is 15.8. The zero-order valence-electron chi connectivity index (χ0n) is 18.3. The molecule has 0 bridgehead atoms. The molecule has 4 rings (SSSR count). The summed E-state index contributed by atoms with van der Waals surface area (Å²) in [4.78, 5) is 12.7. The molecule has 2 aromatic carbocycles. The van der Waals surface area contributed by atoms with Crippen LogP contribution >= 0.6 is 11.8 Å². The average Bonchev–Trinajstić information content (AvgIpc) is 3.28. The normalized spacial score (nSPS) is 14.8. The quantitative estimate of drug-likeness (QED) is 0.502. The van der Waals surface area contributed by atoms with E-state index in [2.05, 4.69) is 20.8 Å². The molecule has 1 saturated heterocycles. The third-order valence-corrected chi connectivity index (χ3v) is 8.04. The van der Waals surface area contributed by atoms with E-state index in [1.165, 1.54) is 22.1 Å². The maximum atomic E-state index is 13.1. The smallest absolute Gasteiger partial charge is 0.243 e. The number of amides is 1. The van der Waals surface area contributed by atoms with E-state index in [4.69, 9.17) is 4.74 Å². The lowest BCUT2D eigenvalue weighted by Gasteiger charge is -2.26. The maximum Gasteiger partial charge on any atom is 0.243 e. The molecular formula is C21H24N6O4S2. The van der Waals surface area contributed by atoms with Crippen LogP contribution in [0.5, 0.6) is 0 Å². The van der Waals surface area contributed by atoms with Crippen molar-refractivity contribution in [2.75, 3.05) is 37.4 Å². The third kappa shape index (κ3) is 5.41. The fourth-order valence-corrected chi connectivity index (χ4v) is 5.75. The van der Waals surface area contributed by atoms with Crippen molar-refractivity contribution in [3.05, 3.63) is 53.6 Å². The number of nitrogens with one attached hydrogen (secondary N) is 1. The van der Waals surface area contributed by atoms with Crippen molar-refractivity contribution < 1.29 is 17.9 Å². The molecule has 3 aromatic rings. The van der Waals surface area contributed by atoms with E-state index in [0.29, 0.717) is 42.7 Å². The Morgan fingerprint density at radius 3 is 2.70 bits per heavy atom. The van der Waals surface area contributed by atoms with Gasteiger partial charge >= 0.3 is 0 Å². The number of benzene rings is 2.